The van der Waals surface area contributed by atoms with Crippen LogP contribution in [-0.4, -0.2) is 32.1 Å². The van der Waals surface area contributed by atoms with E-state index in [-0.39, 0.29) is 0 Å². The second-order valence-electron chi connectivity index (χ2n) is 4.96. The van der Waals surface area contributed by atoms with Crippen LogP contribution in [0, 0.1) is 0 Å². The van der Waals surface area contributed by atoms with Crippen molar-refractivity contribution in [2.75, 3.05) is 27.2 Å². The van der Waals surface area contributed by atoms with E-state index in [1.165, 1.54) is 22.1 Å². The molecule has 0 aliphatic carbocycles. The number of rotatable bonds is 6. The molecular formula is C15H22N2S. The highest BCUT2D eigenvalue weighted by Crippen LogP contribution is 2.29. The average molecular weight is 262 g/mol. The van der Waals surface area contributed by atoms with Crippen LogP contribution >= 0.6 is 11.3 Å². The fourth-order valence-corrected chi connectivity index (χ4v) is 3.22. The molecule has 2 nitrogen and oxygen atoms in total. The van der Waals surface area contributed by atoms with Crippen molar-refractivity contribution in [1.82, 2.24) is 10.2 Å². The lowest BCUT2D eigenvalue weighted by atomic mass is 10.0. The van der Waals surface area contributed by atoms with E-state index < -0.39 is 0 Å². The SMILES string of the molecule is CCCNC(CN(C)C)c1cccc2ccsc12. The molecule has 0 aliphatic heterocycles. The van der Waals surface area contributed by atoms with Crippen molar-refractivity contribution in [3.8, 4) is 0 Å². The van der Waals surface area contributed by atoms with E-state index in [4.69, 9.17) is 0 Å². The maximum Gasteiger partial charge on any atom is 0.0463 e. The van der Waals surface area contributed by atoms with Gasteiger partial charge in [0.05, 0.1) is 0 Å². The van der Waals surface area contributed by atoms with Crippen LogP contribution in [0.5, 0.6) is 0 Å². The van der Waals surface area contributed by atoms with Crippen LogP contribution in [0.2, 0.25) is 0 Å². The molecule has 0 amide bonds. The molecule has 1 N–H and O–H groups in total. The van der Waals surface area contributed by atoms with Crippen molar-refractivity contribution in [2.45, 2.75) is 19.4 Å². The molecule has 1 aromatic carbocycles. The van der Waals surface area contributed by atoms with Gasteiger partial charge < -0.3 is 10.2 Å². The van der Waals surface area contributed by atoms with E-state index >= 15 is 0 Å². The van der Waals surface area contributed by atoms with Gasteiger partial charge in [0.15, 0.2) is 0 Å². The molecule has 0 bridgehead atoms. The number of thiophene rings is 1. The number of hydrogen-bond donors (Lipinski definition) is 1. The van der Waals surface area contributed by atoms with Gasteiger partial charge in [-0.2, -0.15) is 0 Å². The van der Waals surface area contributed by atoms with E-state index in [1.54, 1.807) is 0 Å². The Hall–Kier alpha value is -0.900. The molecule has 98 valence electrons. The van der Waals surface area contributed by atoms with Crippen molar-refractivity contribution in [1.29, 1.82) is 0 Å². The Balaban J connectivity index is 2.30. The monoisotopic (exact) mass is 262 g/mol. The van der Waals surface area contributed by atoms with Gasteiger partial charge in [-0.1, -0.05) is 25.1 Å². The normalized spacial score (nSPS) is 13.3. The molecule has 18 heavy (non-hydrogen) atoms. The second-order valence-corrected chi connectivity index (χ2v) is 5.87. The van der Waals surface area contributed by atoms with Crippen LogP contribution in [-0.2, 0) is 0 Å². The number of benzene rings is 1. The summed E-state index contributed by atoms with van der Waals surface area (Å²) in [6, 6.07) is 9.25. The van der Waals surface area contributed by atoms with Crippen LogP contribution < -0.4 is 5.32 Å². The van der Waals surface area contributed by atoms with Gasteiger partial charge in [-0.3, -0.25) is 0 Å². The summed E-state index contributed by atoms with van der Waals surface area (Å²) in [5, 5.41) is 7.21. The molecule has 1 atom stereocenters. The first kappa shape index (κ1) is 13.5. The Morgan fingerprint density at radius 3 is 2.83 bits per heavy atom. The third kappa shape index (κ3) is 3.10. The van der Waals surface area contributed by atoms with Gasteiger partial charge in [0.1, 0.15) is 0 Å². The number of hydrogen-bond acceptors (Lipinski definition) is 3. The zero-order valence-electron chi connectivity index (χ0n) is 11.4. The molecular weight excluding hydrogens is 240 g/mol. The first-order chi connectivity index (χ1) is 8.72. The van der Waals surface area contributed by atoms with Crippen molar-refractivity contribution in [3.63, 3.8) is 0 Å². The maximum atomic E-state index is 3.66. The smallest absolute Gasteiger partial charge is 0.0463 e. The summed E-state index contributed by atoms with van der Waals surface area (Å²) in [5.41, 5.74) is 1.43. The minimum atomic E-state index is 0.419. The molecule has 3 heteroatoms. The molecule has 0 fully saturated rings. The third-order valence-electron chi connectivity index (χ3n) is 3.07. The van der Waals surface area contributed by atoms with E-state index in [9.17, 15) is 0 Å². The number of likely N-dealkylation sites (N-methyl/N-ethyl adjacent to an activating group) is 1. The van der Waals surface area contributed by atoms with Crippen molar-refractivity contribution in [2.24, 2.45) is 0 Å². The molecule has 1 aromatic heterocycles. The fraction of sp³-hybridized carbons (Fsp3) is 0.467. The standard InChI is InChI=1S/C15H22N2S/c1-4-9-16-14(11-17(2)3)13-7-5-6-12-8-10-18-15(12)13/h5-8,10,14,16H,4,9,11H2,1-3H3. The third-order valence-corrected chi connectivity index (χ3v) is 4.05. The van der Waals surface area contributed by atoms with Crippen molar-refractivity contribution in [3.05, 3.63) is 35.2 Å². The molecule has 2 rings (SSSR count). The summed E-state index contributed by atoms with van der Waals surface area (Å²) < 4.78 is 1.42. The summed E-state index contributed by atoms with van der Waals surface area (Å²) in [7, 11) is 4.27. The topological polar surface area (TPSA) is 15.3 Å². The molecule has 1 unspecified atom stereocenters. The number of nitrogens with zero attached hydrogens (tertiary/aromatic N) is 1. The highest BCUT2D eigenvalue weighted by atomic mass is 32.1. The zero-order valence-corrected chi connectivity index (χ0v) is 12.3. The van der Waals surface area contributed by atoms with Crippen LogP contribution in [0.3, 0.4) is 0 Å². The molecule has 0 saturated carbocycles. The van der Waals surface area contributed by atoms with Gasteiger partial charge in [0.25, 0.3) is 0 Å². The van der Waals surface area contributed by atoms with Gasteiger partial charge >= 0.3 is 0 Å². The molecule has 2 aromatic rings. The highest BCUT2D eigenvalue weighted by molar-refractivity contribution is 7.17. The van der Waals surface area contributed by atoms with Crippen LogP contribution in [0.1, 0.15) is 24.9 Å². The fourth-order valence-electron chi connectivity index (χ4n) is 2.25. The maximum absolute atomic E-state index is 3.66. The van der Waals surface area contributed by atoms with Gasteiger partial charge in [0.2, 0.25) is 0 Å². The van der Waals surface area contributed by atoms with Crippen molar-refractivity contribution < 1.29 is 0 Å². The van der Waals surface area contributed by atoms with E-state index in [2.05, 4.69) is 60.9 Å². The minimum Gasteiger partial charge on any atom is -0.309 e. The largest absolute Gasteiger partial charge is 0.309 e. The first-order valence-electron chi connectivity index (χ1n) is 6.56. The Kier molecular flexibility index (Phi) is 4.75. The summed E-state index contributed by atoms with van der Waals surface area (Å²) >= 11 is 1.84. The molecule has 0 saturated heterocycles. The first-order valence-corrected chi connectivity index (χ1v) is 7.44. The lowest BCUT2D eigenvalue weighted by Crippen LogP contribution is -2.31. The Labute approximate surface area is 114 Å². The van der Waals surface area contributed by atoms with E-state index in [0.717, 1.165) is 13.1 Å². The minimum absolute atomic E-state index is 0.419. The molecule has 0 spiro atoms. The summed E-state index contributed by atoms with van der Waals surface area (Å²) in [6.45, 7) is 4.32. The highest BCUT2D eigenvalue weighted by Gasteiger charge is 2.15. The molecule has 0 aliphatic rings. The molecule has 0 radical (unpaired) electrons. The van der Waals surface area contributed by atoms with Gasteiger partial charge in [-0.25, -0.2) is 0 Å². The Morgan fingerprint density at radius 1 is 1.28 bits per heavy atom. The molecule has 1 heterocycles. The lowest BCUT2D eigenvalue weighted by molar-refractivity contribution is 0.343. The Morgan fingerprint density at radius 2 is 2.11 bits per heavy atom. The predicted octanol–water partition coefficient (Wildman–Crippen LogP) is 3.50. The van der Waals surface area contributed by atoms with Crippen LogP contribution in [0.4, 0.5) is 0 Å². The van der Waals surface area contributed by atoms with Gasteiger partial charge in [0, 0.05) is 17.3 Å². The van der Waals surface area contributed by atoms with Crippen LogP contribution in [0.15, 0.2) is 29.6 Å². The predicted molar refractivity (Wildman–Crippen MR) is 81.4 cm³/mol. The lowest BCUT2D eigenvalue weighted by Gasteiger charge is -2.23. The van der Waals surface area contributed by atoms with E-state index in [1.807, 2.05) is 11.3 Å². The van der Waals surface area contributed by atoms with E-state index in [0.29, 0.717) is 6.04 Å². The number of nitrogens with one attached hydrogen (secondary N) is 1. The zero-order chi connectivity index (χ0) is 13.0. The van der Waals surface area contributed by atoms with Gasteiger partial charge in [-0.05, 0) is 49.5 Å². The van der Waals surface area contributed by atoms with Crippen molar-refractivity contribution >= 4 is 21.4 Å². The Bertz CT molecular complexity index is 490. The number of fused-ring (bicyclic) bond motifs is 1. The quantitative estimate of drug-likeness (QED) is 0.857. The summed E-state index contributed by atoms with van der Waals surface area (Å²) in [5.74, 6) is 0. The average Bonchev–Trinajstić information content (AvgIpc) is 2.82. The van der Waals surface area contributed by atoms with Gasteiger partial charge in [-0.15, -0.1) is 11.3 Å². The summed E-state index contributed by atoms with van der Waals surface area (Å²) in [6.07, 6.45) is 1.17. The summed E-state index contributed by atoms with van der Waals surface area (Å²) in [4.78, 5) is 2.25. The van der Waals surface area contributed by atoms with Crippen LogP contribution in [0.25, 0.3) is 10.1 Å². The second kappa shape index (κ2) is 6.32.